The normalized spacial score (nSPS) is 12.7. The van der Waals surface area contributed by atoms with E-state index in [0.29, 0.717) is 6.04 Å². The average molecular weight is 264 g/mol. The van der Waals surface area contributed by atoms with Gasteiger partial charge >= 0.3 is 0 Å². The zero-order chi connectivity index (χ0) is 14.1. The molecule has 0 heterocycles. The maximum absolute atomic E-state index is 5.45. The van der Waals surface area contributed by atoms with Gasteiger partial charge in [0.15, 0.2) is 0 Å². The van der Waals surface area contributed by atoms with Crippen molar-refractivity contribution in [2.24, 2.45) is 0 Å². The molecule has 0 aliphatic carbocycles. The van der Waals surface area contributed by atoms with E-state index < -0.39 is 0 Å². The number of nitrogens with one attached hydrogen (secondary N) is 1. The molecule has 0 radical (unpaired) electrons. The minimum atomic E-state index is 0.398. The Morgan fingerprint density at radius 2 is 1.84 bits per heavy atom. The molecule has 0 aromatic heterocycles. The van der Waals surface area contributed by atoms with Crippen LogP contribution in [0.5, 0.6) is 5.75 Å². The van der Waals surface area contributed by atoms with Crippen molar-refractivity contribution < 1.29 is 4.74 Å². The Morgan fingerprint density at radius 3 is 2.42 bits per heavy atom. The van der Waals surface area contributed by atoms with Gasteiger partial charge in [-0.3, -0.25) is 0 Å². The van der Waals surface area contributed by atoms with Gasteiger partial charge in [0.05, 0.1) is 6.61 Å². The molecule has 0 aliphatic heterocycles. The van der Waals surface area contributed by atoms with Crippen LogP contribution < -0.4 is 10.1 Å². The largest absolute Gasteiger partial charge is 0.494 e. The number of ether oxygens (including phenoxy) is 1. The fourth-order valence-electron chi connectivity index (χ4n) is 2.01. The van der Waals surface area contributed by atoms with Crippen molar-refractivity contribution in [3.05, 3.63) is 29.8 Å². The van der Waals surface area contributed by atoms with Crippen LogP contribution in [-0.4, -0.2) is 38.7 Å². The fraction of sp³-hybridized carbons (Fsp3) is 0.625. The highest BCUT2D eigenvalue weighted by Crippen LogP contribution is 2.17. The van der Waals surface area contributed by atoms with E-state index in [1.54, 1.807) is 0 Å². The summed E-state index contributed by atoms with van der Waals surface area (Å²) in [5.74, 6) is 0.949. The van der Waals surface area contributed by atoms with Crippen LogP contribution in [0.25, 0.3) is 0 Å². The summed E-state index contributed by atoms with van der Waals surface area (Å²) in [5, 5.41) is 3.56. The third-order valence-corrected chi connectivity index (χ3v) is 3.17. The molecule has 1 aromatic rings. The summed E-state index contributed by atoms with van der Waals surface area (Å²) in [6.45, 7) is 7.17. The number of unbranched alkanes of at least 4 members (excludes halogenated alkanes) is 1. The van der Waals surface area contributed by atoms with Crippen molar-refractivity contribution in [1.82, 2.24) is 10.2 Å². The number of benzene rings is 1. The molecule has 3 nitrogen and oxygen atoms in total. The summed E-state index contributed by atoms with van der Waals surface area (Å²) in [4.78, 5) is 2.23. The zero-order valence-corrected chi connectivity index (χ0v) is 12.8. The van der Waals surface area contributed by atoms with Crippen LogP contribution in [0.15, 0.2) is 24.3 Å². The Kier molecular flexibility index (Phi) is 7.53. The Balaban J connectivity index is 2.26. The lowest BCUT2D eigenvalue weighted by molar-refractivity contribution is 0.340. The second-order valence-corrected chi connectivity index (χ2v) is 5.19. The van der Waals surface area contributed by atoms with Crippen molar-refractivity contribution in [2.75, 3.05) is 33.8 Å². The van der Waals surface area contributed by atoms with Gasteiger partial charge in [0.2, 0.25) is 0 Å². The van der Waals surface area contributed by atoms with E-state index in [2.05, 4.69) is 43.4 Å². The summed E-state index contributed by atoms with van der Waals surface area (Å²) in [7, 11) is 4.24. The van der Waals surface area contributed by atoms with E-state index in [1.165, 1.54) is 24.9 Å². The highest BCUT2D eigenvalue weighted by atomic mass is 16.5. The van der Waals surface area contributed by atoms with Gasteiger partial charge in [-0.1, -0.05) is 12.1 Å². The number of hydrogen-bond donors (Lipinski definition) is 1. The molecular formula is C16H28N2O. The van der Waals surface area contributed by atoms with Crippen molar-refractivity contribution in [3.8, 4) is 5.75 Å². The van der Waals surface area contributed by atoms with Crippen molar-refractivity contribution in [3.63, 3.8) is 0 Å². The standard InChI is InChI=1S/C16H28N2O/c1-5-19-16-10-8-15(9-11-16)14(2)17-12-6-7-13-18(3)4/h8-11,14,17H,5-7,12-13H2,1-4H3. The Hall–Kier alpha value is -1.06. The molecule has 0 saturated heterocycles. The SMILES string of the molecule is CCOc1ccc(C(C)NCCCCN(C)C)cc1. The molecule has 0 aliphatic rings. The predicted octanol–water partition coefficient (Wildman–Crippen LogP) is 3.08. The maximum atomic E-state index is 5.45. The lowest BCUT2D eigenvalue weighted by Gasteiger charge is -2.15. The van der Waals surface area contributed by atoms with E-state index in [-0.39, 0.29) is 0 Å². The van der Waals surface area contributed by atoms with Gasteiger partial charge in [-0.25, -0.2) is 0 Å². The molecule has 0 spiro atoms. The molecule has 1 N–H and O–H groups in total. The van der Waals surface area contributed by atoms with Gasteiger partial charge in [0, 0.05) is 6.04 Å². The molecule has 1 rings (SSSR count). The minimum Gasteiger partial charge on any atom is -0.494 e. The first-order valence-electron chi connectivity index (χ1n) is 7.24. The third-order valence-electron chi connectivity index (χ3n) is 3.17. The summed E-state index contributed by atoms with van der Waals surface area (Å²) in [6, 6.07) is 8.77. The molecule has 19 heavy (non-hydrogen) atoms. The smallest absolute Gasteiger partial charge is 0.119 e. The van der Waals surface area contributed by atoms with Crippen molar-refractivity contribution in [1.29, 1.82) is 0 Å². The second-order valence-electron chi connectivity index (χ2n) is 5.19. The number of rotatable bonds is 9. The molecule has 3 heteroatoms. The van der Waals surface area contributed by atoms with E-state index >= 15 is 0 Å². The molecule has 0 amide bonds. The Morgan fingerprint density at radius 1 is 1.16 bits per heavy atom. The van der Waals surface area contributed by atoms with Gasteiger partial charge < -0.3 is 15.0 Å². The first-order chi connectivity index (χ1) is 9.13. The van der Waals surface area contributed by atoms with Gasteiger partial charge in [-0.05, 0) is 71.6 Å². The molecule has 1 aromatic carbocycles. The lowest BCUT2D eigenvalue weighted by Crippen LogP contribution is -2.21. The fourth-order valence-corrected chi connectivity index (χ4v) is 2.01. The zero-order valence-electron chi connectivity index (χ0n) is 12.8. The minimum absolute atomic E-state index is 0.398. The van der Waals surface area contributed by atoms with Crippen LogP contribution in [0, 0.1) is 0 Å². The molecule has 0 fully saturated rings. The topological polar surface area (TPSA) is 24.5 Å². The molecule has 0 bridgehead atoms. The summed E-state index contributed by atoms with van der Waals surface area (Å²) in [5.41, 5.74) is 1.32. The van der Waals surface area contributed by atoms with Gasteiger partial charge in [0.25, 0.3) is 0 Å². The van der Waals surface area contributed by atoms with Crippen LogP contribution in [-0.2, 0) is 0 Å². The van der Waals surface area contributed by atoms with Crippen molar-refractivity contribution >= 4 is 0 Å². The first kappa shape index (κ1) is 16.0. The van der Waals surface area contributed by atoms with E-state index in [9.17, 15) is 0 Å². The van der Waals surface area contributed by atoms with Crippen LogP contribution in [0.4, 0.5) is 0 Å². The summed E-state index contributed by atoms with van der Waals surface area (Å²) < 4.78 is 5.45. The van der Waals surface area contributed by atoms with Crippen LogP contribution in [0.1, 0.15) is 38.3 Å². The van der Waals surface area contributed by atoms with Gasteiger partial charge in [-0.2, -0.15) is 0 Å². The van der Waals surface area contributed by atoms with Gasteiger partial charge in [-0.15, -0.1) is 0 Å². The van der Waals surface area contributed by atoms with Gasteiger partial charge in [0.1, 0.15) is 5.75 Å². The Labute approximate surface area is 118 Å². The molecule has 108 valence electrons. The highest BCUT2D eigenvalue weighted by molar-refractivity contribution is 5.28. The summed E-state index contributed by atoms with van der Waals surface area (Å²) in [6.07, 6.45) is 2.47. The number of nitrogens with zero attached hydrogens (tertiary/aromatic N) is 1. The Bertz CT molecular complexity index is 335. The van der Waals surface area contributed by atoms with Crippen LogP contribution in [0.3, 0.4) is 0 Å². The van der Waals surface area contributed by atoms with Crippen LogP contribution in [0.2, 0.25) is 0 Å². The van der Waals surface area contributed by atoms with E-state index in [4.69, 9.17) is 4.74 Å². The second kappa shape index (κ2) is 8.94. The quantitative estimate of drug-likeness (QED) is 0.694. The predicted molar refractivity (Wildman–Crippen MR) is 81.8 cm³/mol. The highest BCUT2D eigenvalue weighted by Gasteiger charge is 2.04. The first-order valence-corrected chi connectivity index (χ1v) is 7.24. The van der Waals surface area contributed by atoms with E-state index in [0.717, 1.165) is 18.9 Å². The van der Waals surface area contributed by atoms with E-state index in [1.807, 2.05) is 19.1 Å². The summed E-state index contributed by atoms with van der Waals surface area (Å²) >= 11 is 0. The molecule has 1 unspecified atom stereocenters. The molecule has 0 saturated carbocycles. The van der Waals surface area contributed by atoms with Crippen LogP contribution >= 0.6 is 0 Å². The monoisotopic (exact) mass is 264 g/mol. The number of hydrogen-bond acceptors (Lipinski definition) is 3. The molecular weight excluding hydrogens is 236 g/mol. The lowest BCUT2D eigenvalue weighted by atomic mass is 10.1. The third kappa shape index (κ3) is 6.60. The molecule has 1 atom stereocenters. The average Bonchev–Trinajstić information content (AvgIpc) is 2.39. The maximum Gasteiger partial charge on any atom is 0.119 e. The van der Waals surface area contributed by atoms with Crippen molar-refractivity contribution in [2.45, 2.75) is 32.7 Å².